The maximum absolute atomic E-state index is 11.4. The molecule has 0 atom stereocenters. The van der Waals surface area contributed by atoms with Gasteiger partial charge in [-0.1, -0.05) is 42.0 Å². The number of carbonyl (C=O) groups excluding carboxylic acids is 2. The lowest BCUT2D eigenvalue weighted by molar-refractivity contribution is -0.114. The summed E-state index contributed by atoms with van der Waals surface area (Å²) in [6, 6.07) is 7.59. The van der Waals surface area contributed by atoms with E-state index in [2.05, 4.69) is 10.6 Å². The fraction of sp³-hybridized carbons (Fsp3) is 0.118. The van der Waals surface area contributed by atoms with Crippen LogP contribution in [-0.2, 0) is 4.79 Å². The summed E-state index contributed by atoms with van der Waals surface area (Å²) in [7, 11) is 1.36. The first-order valence-electron chi connectivity index (χ1n) is 7.33. The van der Waals surface area contributed by atoms with Crippen molar-refractivity contribution >= 4 is 46.4 Å². The van der Waals surface area contributed by atoms with Crippen LogP contribution in [0.4, 0.5) is 10.5 Å². The minimum absolute atomic E-state index is 0.0121. The van der Waals surface area contributed by atoms with Crippen LogP contribution >= 0.6 is 23.8 Å². The third-order valence-electron chi connectivity index (χ3n) is 3.40. The quantitative estimate of drug-likeness (QED) is 0.596. The Labute approximate surface area is 160 Å². The Morgan fingerprint density at radius 1 is 1.27 bits per heavy atom. The average molecular weight is 394 g/mol. The van der Waals surface area contributed by atoms with Crippen LogP contribution in [0.5, 0.6) is 11.5 Å². The highest BCUT2D eigenvalue weighted by atomic mass is 35.5. The number of amides is 3. The van der Waals surface area contributed by atoms with Crippen LogP contribution in [0.1, 0.15) is 12.5 Å². The van der Waals surface area contributed by atoms with E-state index in [4.69, 9.17) is 34.3 Å². The number of halogens is 1. The van der Waals surface area contributed by atoms with Crippen LogP contribution in [0.15, 0.2) is 30.3 Å². The molecule has 136 valence electrons. The maximum Gasteiger partial charge on any atom is 0.317 e. The summed E-state index contributed by atoms with van der Waals surface area (Å²) in [5, 5.41) is 15.6. The molecular formula is C17H16ClN3O4S. The lowest BCUT2D eigenvalue weighted by Gasteiger charge is -2.18. The van der Waals surface area contributed by atoms with Gasteiger partial charge in [0.1, 0.15) is 4.99 Å². The number of carbonyl (C=O) groups is 2. The molecule has 9 heteroatoms. The number of methoxy groups -OCH3 is 1. The lowest BCUT2D eigenvalue weighted by atomic mass is 9.99. The number of phenolic OH excluding ortho intramolecular Hbond substituents is 1. The average Bonchev–Trinajstić information content (AvgIpc) is 2.53. The lowest BCUT2D eigenvalue weighted by Crippen LogP contribution is -2.34. The Kier molecular flexibility index (Phi) is 6.01. The molecule has 0 bridgehead atoms. The first kappa shape index (κ1) is 19.5. The Hall–Kier alpha value is -2.84. The van der Waals surface area contributed by atoms with E-state index in [-0.39, 0.29) is 33.0 Å². The molecule has 26 heavy (non-hydrogen) atoms. The van der Waals surface area contributed by atoms with Gasteiger partial charge in [0, 0.05) is 23.7 Å². The predicted octanol–water partition coefficient (Wildman–Crippen LogP) is 3.02. The number of hydrogen-bond acceptors (Lipinski definition) is 5. The molecule has 0 aliphatic carbocycles. The second-order valence-electron chi connectivity index (χ2n) is 5.21. The summed E-state index contributed by atoms with van der Waals surface area (Å²) in [5.41, 5.74) is 6.60. The van der Waals surface area contributed by atoms with Crippen molar-refractivity contribution in [2.45, 2.75) is 6.92 Å². The summed E-state index contributed by atoms with van der Waals surface area (Å²) in [5.74, 6) is -0.530. The smallest absolute Gasteiger partial charge is 0.317 e. The number of thiocarbonyl (C=S) groups is 1. The minimum atomic E-state index is -0.885. The highest BCUT2D eigenvalue weighted by Crippen LogP contribution is 2.45. The van der Waals surface area contributed by atoms with Crippen molar-refractivity contribution < 1.29 is 19.4 Å². The highest BCUT2D eigenvalue weighted by Gasteiger charge is 2.23. The molecule has 0 unspecified atom stereocenters. The standard InChI is InChI=1S/C17H16ClN3O4S/c1-8(22)20-12-6-4-3-5-9(12)10-7-11(18)13(14(23)15(10)25-2)16(26)21-17(19)24/h3-7,23H,1-2H3,(H,20,22)(H3,19,21,24,26). The van der Waals surface area contributed by atoms with Crippen molar-refractivity contribution in [3.05, 3.63) is 40.9 Å². The summed E-state index contributed by atoms with van der Waals surface area (Å²) < 4.78 is 5.32. The predicted molar refractivity (Wildman–Crippen MR) is 104 cm³/mol. The van der Waals surface area contributed by atoms with Crippen molar-refractivity contribution in [1.29, 1.82) is 0 Å². The Morgan fingerprint density at radius 3 is 2.50 bits per heavy atom. The maximum atomic E-state index is 11.4. The van der Waals surface area contributed by atoms with Gasteiger partial charge in [0.25, 0.3) is 0 Å². The van der Waals surface area contributed by atoms with Gasteiger partial charge in [0.15, 0.2) is 11.5 Å². The molecular weight excluding hydrogens is 378 g/mol. The molecule has 2 rings (SSSR count). The van der Waals surface area contributed by atoms with Crippen molar-refractivity contribution in [2.24, 2.45) is 5.73 Å². The molecule has 0 saturated heterocycles. The largest absolute Gasteiger partial charge is 0.504 e. The zero-order valence-electron chi connectivity index (χ0n) is 13.9. The summed E-state index contributed by atoms with van der Waals surface area (Å²) in [6.45, 7) is 1.38. The van der Waals surface area contributed by atoms with E-state index in [1.165, 1.54) is 20.1 Å². The van der Waals surface area contributed by atoms with E-state index in [1.54, 1.807) is 24.3 Å². The number of nitrogens with two attached hydrogens (primary N) is 1. The van der Waals surface area contributed by atoms with Gasteiger partial charge in [-0.3, -0.25) is 10.1 Å². The highest BCUT2D eigenvalue weighted by molar-refractivity contribution is 7.80. The number of hydrogen-bond donors (Lipinski definition) is 4. The van der Waals surface area contributed by atoms with Crippen LogP contribution in [0.3, 0.4) is 0 Å². The van der Waals surface area contributed by atoms with Crippen molar-refractivity contribution in [1.82, 2.24) is 5.32 Å². The second-order valence-corrected chi connectivity index (χ2v) is 6.02. The van der Waals surface area contributed by atoms with E-state index >= 15 is 0 Å². The van der Waals surface area contributed by atoms with Crippen LogP contribution < -0.4 is 21.1 Å². The van der Waals surface area contributed by atoms with E-state index in [0.717, 1.165) is 0 Å². The Balaban J connectivity index is 2.68. The van der Waals surface area contributed by atoms with E-state index in [0.29, 0.717) is 16.8 Å². The molecule has 0 spiro atoms. The molecule has 0 saturated carbocycles. The van der Waals surface area contributed by atoms with Gasteiger partial charge in [-0.05, 0) is 12.1 Å². The Bertz CT molecular complexity index is 902. The van der Waals surface area contributed by atoms with E-state index in [9.17, 15) is 14.7 Å². The number of rotatable bonds is 4. The van der Waals surface area contributed by atoms with Gasteiger partial charge in [-0.25, -0.2) is 4.79 Å². The van der Waals surface area contributed by atoms with Gasteiger partial charge in [-0.15, -0.1) is 0 Å². The molecule has 3 amide bonds. The van der Waals surface area contributed by atoms with Crippen LogP contribution in [-0.4, -0.2) is 29.1 Å². The summed E-state index contributed by atoms with van der Waals surface area (Å²) in [6.07, 6.45) is 0. The van der Waals surface area contributed by atoms with Gasteiger partial charge in [0.05, 0.1) is 17.7 Å². The molecule has 2 aromatic carbocycles. The molecule has 2 aromatic rings. The zero-order chi connectivity index (χ0) is 19.4. The second kappa shape index (κ2) is 8.03. The third-order valence-corrected chi connectivity index (χ3v) is 4.01. The molecule has 0 aliphatic rings. The van der Waals surface area contributed by atoms with Crippen molar-refractivity contribution in [3.63, 3.8) is 0 Å². The fourth-order valence-electron chi connectivity index (χ4n) is 2.43. The van der Waals surface area contributed by atoms with Crippen LogP contribution in [0.2, 0.25) is 5.02 Å². The van der Waals surface area contributed by atoms with Crippen molar-refractivity contribution in [2.75, 3.05) is 12.4 Å². The van der Waals surface area contributed by atoms with Crippen LogP contribution in [0.25, 0.3) is 11.1 Å². The van der Waals surface area contributed by atoms with E-state index in [1.807, 2.05) is 0 Å². The number of para-hydroxylation sites is 1. The number of urea groups is 1. The summed E-state index contributed by atoms with van der Waals surface area (Å²) in [4.78, 5) is 22.3. The topological polar surface area (TPSA) is 114 Å². The number of primary amides is 1. The van der Waals surface area contributed by atoms with Gasteiger partial charge in [0.2, 0.25) is 5.91 Å². The number of anilines is 1. The number of phenols is 1. The number of benzene rings is 2. The molecule has 0 aromatic heterocycles. The molecule has 0 radical (unpaired) electrons. The number of nitrogens with one attached hydrogen (secondary N) is 2. The van der Waals surface area contributed by atoms with Crippen LogP contribution in [0, 0.1) is 0 Å². The monoisotopic (exact) mass is 393 g/mol. The molecule has 0 heterocycles. The Morgan fingerprint density at radius 2 is 1.92 bits per heavy atom. The van der Waals surface area contributed by atoms with Gasteiger partial charge < -0.3 is 20.9 Å². The third kappa shape index (κ3) is 4.04. The minimum Gasteiger partial charge on any atom is -0.504 e. The first-order valence-corrected chi connectivity index (χ1v) is 8.12. The first-order chi connectivity index (χ1) is 12.3. The number of aromatic hydroxyl groups is 1. The molecule has 0 fully saturated rings. The molecule has 5 N–H and O–H groups in total. The zero-order valence-corrected chi connectivity index (χ0v) is 15.5. The summed E-state index contributed by atoms with van der Waals surface area (Å²) >= 11 is 11.3. The van der Waals surface area contributed by atoms with Gasteiger partial charge >= 0.3 is 6.03 Å². The number of ether oxygens (including phenoxy) is 1. The molecule has 7 nitrogen and oxygen atoms in total. The van der Waals surface area contributed by atoms with Gasteiger partial charge in [-0.2, -0.15) is 0 Å². The fourth-order valence-corrected chi connectivity index (χ4v) is 3.09. The van der Waals surface area contributed by atoms with Crippen molar-refractivity contribution in [3.8, 4) is 22.6 Å². The molecule has 0 aliphatic heterocycles. The SMILES string of the molecule is COc1c(-c2ccccc2NC(C)=O)cc(Cl)c(C(=S)NC(N)=O)c1O. The normalized spacial score (nSPS) is 10.1. The van der Waals surface area contributed by atoms with E-state index < -0.39 is 6.03 Å².